The van der Waals surface area contributed by atoms with Gasteiger partial charge in [-0.3, -0.25) is 9.53 Å². The minimum Gasteiger partial charge on any atom is -0.493 e. The predicted molar refractivity (Wildman–Crippen MR) is 128 cm³/mol. The van der Waals surface area contributed by atoms with Crippen molar-refractivity contribution in [1.29, 1.82) is 0 Å². The number of hydrogen-bond donors (Lipinski definition) is 0. The second-order valence-electron chi connectivity index (χ2n) is 9.38. The molecule has 1 unspecified atom stereocenters. The van der Waals surface area contributed by atoms with Crippen LogP contribution in [0.5, 0.6) is 17.4 Å². The molecule has 0 radical (unpaired) electrons. The molecular formula is C26H31F3N2O7. The van der Waals surface area contributed by atoms with E-state index in [-0.39, 0.29) is 37.4 Å². The van der Waals surface area contributed by atoms with Crippen LogP contribution in [0.4, 0.5) is 13.2 Å². The van der Waals surface area contributed by atoms with Crippen LogP contribution < -0.4 is 14.2 Å². The molecule has 1 aromatic heterocycles. The molecule has 208 valence electrons. The number of amides is 1. The number of carbonyl (C=O) groups excluding carboxylic acids is 1. The van der Waals surface area contributed by atoms with Gasteiger partial charge in [-0.15, -0.1) is 13.2 Å². The monoisotopic (exact) mass is 540 g/mol. The first-order valence-electron chi connectivity index (χ1n) is 12.3. The normalized spacial score (nSPS) is 21.3. The molecule has 38 heavy (non-hydrogen) atoms. The van der Waals surface area contributed by atoms with Gasteiger partial charge in [0.2, 0.25) is 5.88 Å². The lowest BCUT2D eigenvalue weighted by molar-refractivity contribution is -0.325. The molecule has 2 aliphatic heterocycles. The van der Waals surface area contributed by atoms with Gasteiger partial charge in [0.05, 0.1) is 32.6 Å². The van der Waals surface area contributed by atoms with E-state index in [4.69, 9.17) is 23.7 Å². The molecule has 0 spiro atoms. The number of nitrogens with zero attached hydrogens (tertiary/aromatic N) is 2. The van der Waals surface area contributed by atoms with Gasteiger partial charge in [0.25, 0.3) is 5.91 Å². The zero-order valence-electron chi connectivity index (χ0n) is 21.5. The van der Waals surface area contributed by atoms with Crippen molar-refractivity contribution in [2.24, 2.45) is 5.92 Å². The molecular weight excluding hydrogens is 509 g/mol. The third-order valence-corrected chi connectivity index (χ3v) is 6.27. The van der Waals surface area contributed by atoms with Gasteiger partial charge in [-0.05, 0) is 30.2 Å². The van der Waals surface area contributed by atoms with Crippen LogP contribution in [0.3, 0.4) is 0 Å². The maximum Gasteiger partial charge on any atom is 0.522 e. The van der Waals surface area contributed by atoms with Crippen molar-refractivity contribution in [3.8, 4) is 17.4 Å². The molecule has 0 saturated carbocycles. The Bertz CT molecular complexity index is 1110. The zero-order chi connectivity index (χ0) is 27.3. The SMILES string of the molecule is COc1cc(C(=O)N2CC[C@]3(c4cccc(OCC(C)C)n4)OCOC3C2)ccc1OCCOC(F)(F)F. The molecule has 9 nitrogen and oxygen atoms in total. The highest BCUT2D eigenvalue weighted by atomic mass is 19.4. The van der Waals surface area contributed by atoms with Crippen molar-refractivity contribution in [3.63, 3.8) is 0 Å². The predicted octanol–water partition coefficient (Wildman–Crippen LogP) is 4.15. The molecule has 4 rings (SSSR count). The minimum absolute atomic E-state index is 0.0867. The summed E-state index contributed by atoms with van der Waals surface area (Å²) in [4.78, 5) is 19.7. The maximum atomic E-state index is 13.3. The number of alkyl halides is 3. The van der Waals surface area contributed by atoms with Gasteiger partial charge in [-0.2, -0.15) is 0 Å². The van der Waals surface area contributed by atoms with Gasteiger partial charge in [0, 0.05) is 24.6 Å². The maximum absolute atomic E-state index is 13.3. The molecule has 1 aromatic carbocycles. The molecule has 3 heterocycles. The Balaban J connectivity index is 1.42. The fourth-order valence-corrected chi connectivity index (χ4v) is 4.42. The third-order valence-electron chi connectivity index (χ3n) is 6.27. The van der Waals surface area contributed by atoms with E-state index in [2.05, 4.69) is 23.6 Å². The lowest BCUT2D eigenvalue weighted by Crippen LogP contribution is -2.53. The van der Waals surface area contributed by atoms with E-state index in [9.17, 15) is 18.0 Å². The summed E-state index contributed by atoms with van der Waals surface area (Å²) in [6.07, 6.45) is -4.68. The van der Waals surface area contributed by atoms with Crippen LogP contribution >= 0.6 is 0 Å². The summed E-state index contributed by atoms with van der Waals surface area (Å²) in [5.74, 6) is 1.04. The zero-order valence-corrected chi connectivity index (χ0v) is 21.5. The van der Waals surface area contributed by atoms with E-state index >= 15 is 0 Å². The molecule has 2 aliphatic rings. The molecule has 0 aliphatic carbocycles. The highest BCUT2D eigenvalue weighted by molar-refractivity contribution is 5.95. The van der Waals surface area contributed by atoms with Crippen LogP contribution in [0.2, 0.25) is 0 Å². The van der Waals surface area contributed by atoms with E-state index in [1.165, 1.54) is 25.3 Å². The number of likely N-dealkylation sites (tertiary alicyclic amines) is 1. The molecule has 12 heteroatoms. The van der Waals surface area contributed by atoms with Crippen LogP contribution in [0.1, 0.15) is 36.3 Å². The number of pyridine rings is 1. The number of hydrogen-bond acceptors (Lipinski definition) is 8. The number of benzene rings is 1. The molecule has 1 amide bonds. The summed E-state index contributed by atoms with van der Waals surface area (Å²) >= 11 is 0. The van der Waals surface area contributed by atoms with Crippen molar-refractivity contribution in [1.82, 2.24) is 9.88 Å². The summed E-state index contributed by atoms with van der Waals surface area (Å²) in [5, 5.41) is 0. The van der Waals surface area contributed by atoms with E-state index in [0.717, 1.165) is 0 Å². The van der Waals surface area contributed by atoms with E-state index in [0.29, 0.717) is 42.6 Å². The summed E-state index contributed by atoms with van der Waals surface area (Å²) in [6.45, 7) is 4.42. The van der Waals surface area contributed by atoms with Crippen molar-refractivity contribution in [3.05, 3.63) is 47.7 Å². The lowest BCUT2D eigenvalue weighted by Gasteiger charge is -2.41. The Morgan fingerprint density at radius 2 is 2.00 bits per heavy atom. The van der Waals surface area contributed by atoms with Crippen LogP contribution in [-0.4, -0.2) is 75.1 Å². The molecule has 2 fully saturated rings. The van der Waals surface area contributed by atoms with E-state index in [1.807, 2.05) is 12.1 Å². The second kappa shape index (κ2) is 11.7. The molecule has 2 saturated heterocycles. The number of fused-ring (bicyclic) bond motifs is 1. The topological polar surface area (TPSA) is 88.6 Å². The van der Waals surface area contributed by atoms with Gasteiger partial charge in [0.15, 0.2) is 11.5 Å². The number of piperidine rings is 1. The quantitative estimate of drug-likeness (QED) is 0.416. The van der Waals surface area contributed by atoms with Crippen LogP contribution in [-0.2, 0) is 19.8 Å². The Morgan fingerprint density at radius 3 is 2.74 bits per heavy atom. The number of halogens is 3. The lowest BCUT2D eigenvalue weighted by atomic mass is 9.85. The van der Waals surface area contributed by atoms with Gasteiger partial charge in [0.1, 0.15) is 25.1 Å². The van der Waals surface area contributed by atoms with Gasteiger partial charge < -0.3 is 28.6 Å². The number of ether oxygens (including phenoxy) is 6. The average Bonchev–Trinajstić information content (AvgIpc) is 3.33. The Kier molecular flexibility index (Phi) is 8.64. The van der Waals surface area contributed by atoms with Crippen LogP contribution in [0.15, 0.2) is 36.4 Å². The van der Waals surface area contributed by atoms with Crippen LogP contribution in [0.25, 0.3) is 0 Å². The van der Waals surface area contributed by atoms with Crippen molar-refractivity contribution in [2.75, 3.05) is 46.8 Å². The second-order valence-corrected chi connectivity index (χ2v) is 9.38. The third kappa shape index (κ3) is 6.48. The molecule has 0 bridgehead atoms. The summed E-state index contributed by atoms with van der Waals surface area (Å²) in [6, 6.07) is 10.1. The highest BCUT2D eigenvalue weighted by Crippen LogP contribution is 2.42. The molecule has 2 atom stereocenters. The number of aromatic nitrogens is 1. The Hall–Kier alpha value is -3.09. The first-order valence-corrected chi connectivity index (χ1v) is 12.3. The largest absolute Gasteiger partial charge is 0.522 e. The Labute approximate surface area is 218 Å². The van der Waals surface area contributed by atoms with E-state index < -0.39 is 24.7 Å². The highest BCUT2D eigenvalue weighted by Gasteiger charge is 2.52. The van der Waals surface area contributed by atoms with Gasteiger partial charge in [-0.25, -0.2) is 4.98 Å². The summed E-state index contributed by atoms with van der Waals surface area (Å²) in [5.41, 5.74) is 0.252. The molecule has 0 N–H and O–H groups in total. The average molecular weight is 541 g/mol. The minimum atomic E-state index is -4.73. The van der Waals surface area contributed by atoms with Gasteiger partial charge >= 0.3 is 6.36 Å². The van der Waals surface area contributed by atoms with Crippen molar-refractivity contribution < 1.29 is 46.4 Å². The van der Waals surface area contributed by atoms with E-state index in [1.54, 1.807) is 11.0 Å². The number of methoxy groups -OCH3 is 1. The number of carbonyl (C=O) groups is 1. The van der Waals surface area contributed by atoms with Gasteiger partial charge in [-0.1, -0.05) is 19.9 Å². The fraction of sp³-hybridized carbons (Fsp3) is 0.538. The fourth-order valence-electron chi connectivity index (χ4n) is 4.42. The van der Waals surface area contributed by atoms with Crippen molar-refractivity contribution in [2.45, 2.75) is 38.3 Å². The van der Waals surface area contributed by atoms with Crippen LogP contribution in [0, 0.1) is 5.92 Å². The first-order chi connectivity index (χ1) is 18.1. The summed E-state index contributed by atoms with van der Waals surface area (Å²) < 4.78 is 68.5. The Morgan fingerprint density at radius 1 is 1.18 bits per heavy atom. The van der Waals surface area contributed by atoms with Crippen molar-refractivity contribution >= 4 is 5.91 Å². The smallest absolute Gasteiger partial charge is 0.493 e. The number of rotatable bonds is 10. The standard InChI is InChI=1S/C26H31F3N2O7/c1-17(2)15-35-23-6-4-5-21(30-23)25-9-10-31(14-22(25)36-16-38-25)24(32)18-7-8-19(20(13-18)33-3)34-11-12-37-26(27,28)29/h4-8,13,17,22H,9-12,14-16H2,1-3H3/t22?,25-/m1/s1. The first kappa shape index (κ1) is 27.9. The molecule has 2 aromatic rings. The summed E-state index contributed by atoms with van der Waals surface area (Å²) in [7, 11) is 1.38.